The van der Waals surface area contributed by atoms with Gasteiger partial charge in [-0.15, -0.1) is 24.8 Å². The lowest BCUT2D eigenvalue weighted by Gasteiger charge is -2.34. The van der Waals surface area contributed by atoms with Crippen LogP contribution in [0.4, 0.5) is 0 Å². The molecule has 1 aromatic rings. The lowest BCUT2D eigenvalue weighted by molar-refractivity contribution is -0.133. The van der Waals surface area contributed by atoms with E-state index < -0.39 is 0 Å². The summed E-state index contributed by atoms with van der Waals surface area (Å²) in [4.78, 5) is 21.2. The number of nitrogens with zero attached hydrogens (tertiary/aromatic N) is 3. The van der Waals surface area contributed by atoms with Crippen molar-refractivity contribution in [2.75, 3.05) is 39.3 Å². The number of amides is 1. The first-order chi connectivity index (χ1) is 11.6. The number of rotatable bonds is 5. The molecule has 0 bridgehead atoms. The molecule has 3 heterocycles. The van der Waals surface area contributed by atoms with Gasteiger partial charge in [0.2, 0.25) is 11.8 Å². The van der Waals surface area contributed by atoms with Crippen molar-refractivity contribution in [3.63, 3.8) is 0 Å². The van der Waals surface area contributed by atoms with Gasteiger partial charge in [0.1, 0.15) is 5.76 Å². The number of piperazine rings is 1. The van der Waals surface area contributed by atoms with Crippen molar-refractivity contribution in [1.82, 2.24) is 20.1 Å². The smallest absolute Gasteiger partial charge is 0.222 e. The van der Waals surface area contributed by atoms with E-state index in [9.17, 15) is 4.79 Å². The summed E-state index contributed by atoms with van der Waals surface area (Å²) < 4.78 is 5.66. The number of oxazole rings is 1. The number of halogens is 2. The fourth-order valence-corrected chi connectivity index (χ4v) is 3.61. The van der Waals surface area contributed by atoms with Crippen molar-refractivity contribution in [3.8, 4) is 0 Å². The Morgan fingerprint density at radius 3 is 2.38 bits per heavy atom. The summed E-state index contributed by atoms with van der Waals surface area (Å²) in [5.41, 5.74) is 0.969. The predicted octanol–water partition coefficient (Wildman–Crippen LogP) is 2.56. The Kier molecular flexibility index (Phi) is 9.93. The van der Waals surface area contributed by atoms with Crippen LogP contribution >= 0.6 is 24.8 Å². The summed E-state index contributed by atoms with van der Waals surface area (Å²) in [6.07, 6.45) is 4.20. The zero-order chi connectivity index (χ0) is 16.9. The molecule has 1 amide bonds. The molecule has 8 heteroatoms. The van der Waals surface area contributed by atoms with Crippen LogP contribution in [-0.2, 0) is 11.3 Å². The quantitative estimate of drug-likeness (QED) is 0.813. The van der Waals surface area contributed by atoms with Crippen LogP contribution in [0.15, 0.2) is 4.42 Å². The minimum absolute atomic E-state index is 0. The molecule has 0 aliphatic carbocycles. The number of aromatic nitrogens is 1. The summed E-state index contributed by atoms with van der Waals surface area (Å²) in [5, 5.41) is 3.38. The summed E-state index contributed by atoms with van der Waals surface area (Å²) in [6, 6.07) is 0. The van der Waals surface area contributed by atoms with Crippen molar-refractivity contribution in [3.05, 3.63) is 17.3 Å². The van der Waals surface area contributed by atoms with Gasteiger partial charge in [-0.2, -0.15) is 0 Å². The average Bonchev–Trinajstić information content (AvgIpc) is 2.92. The van der Waals surface area contributed by atoms with E-state index in [0.29, 0.717) is 12.3 Å². The topological polar surface area (TPSA) is 61.6 Å². The molecule has 0 saturated carbocycles. The fourth-order valence-electron chi connectivity index (χ4n) is 3.61. The molecule has 2 aliphatic heterocycles. The van der Waals surface area contributed by atoms with Crippen molar-refractivity contribution in [2.24, 2.45) is 5.92 Å². The number of carbonyl (C=O) groups is 1. The number of hydrogen-bond donors (Lipinski definition) is 1. The van der Waals surface area contributed by atoms with E-state index >= 15 is 0 Å². The Morgan fingerprint density at radius 1 is 1.15 bits per heavy atom. The van der Waals surface area contributed by atoms with Gasteiger partial charge < -0.3 is 14.6 Å². The van der Waals surface area contributed by atoms with Crippen LogP contribution in [0, 0.1) is 19.8 Å². The van der Waals surface area contributed by atoms with Crippen molar-refractivity contribution < 1.29 is 9.21 Å². The molecule has 0 aromatic carbocycles. The molecular weight excluding hydrogens is 375 g/mol. The standard InChI is InChI=1S/C18H30N4O2.2ClH/c1-14-15(2)24-17(20-14)13-21-9-11-22(12-10-21)18(23)4-3-16-5-7-19-8-6-16;;/h16,19H,3-13H2,1-2H3;2*1H. The molecule has 3 rings (SSSR count). The number of carbonyl (C=O) groups excluding carboxylic acids is 1. The largest absolute Gasteiger partial charge is 0.444 e. The highest BCUT2D eigenvalue weighted by molar-refractivity contribution is 5.85. The summed E-state index contributed by atoms with van der Waals surface area (Å²) in [7, 11) is 0. The van der Waals surface area contributed by atoms with Crippen LogP contribution in [0.1, 0.15) is 43.0 Å². The second kappa shape index (κ2) is 11.1. The summed E-state index contributed by atoms with van der Waals surface area (Å²) in [5.74, 6) is 2.75. The Hall–Kier alpha value is -0.820. The van der Waals surface area contributed by atoms with E-state index in [1.807, 2.05) is 18.7 Å². The van der Waals surface area contributed by atoms with E-state index in [2.05, 4.69) is 15.2 Å². The average molecular weight is 407 g/mol. The summed E-state index contributed by atoms with van der Waals surface area (Å²) >= 11 is 0. The summed E-state index contributed by atoms with van der Waals surface area (Å²) in [6.45, 7) is 10.3. The van der Waals surface area contributed by atoms with Crippen molar-refractivity contribution in [2.45, 2.75) is 46.1 Å². The van der Waals surface area contributed by atoms with E-state index in [-0.39, 0.29) is 24.8 Å². The number of nitrogens with one attached hydrogen (secondary N) is 1. The molecule has 6 nitrogen and oxygen atoms in total. The highest BCUT2D eigenvalue weighted by atomic mass is 35.5. The third kappa shape index (κ3) is 6.41. The minimum Gasteiger partial charge on any atom is -0.444 e. The second-order valence-electron chi connectivity index (χ2n) is 7.14. The molecule has 1 N–H and O–H groups in total. The maximum absolute atomic E-state index is 12.4. The van der Waals surface area contributed by atoms with E-state index in [0.717, 1.165) is 75.5 Å². The van der Waals surface area contributed by atoms with Gasteiger partial charge >= 0.3 is 0 Å². The van der Waals surface area contributed by atoms with Gasteiger partial charge in [0.05, 0.1) is 12.2 Å². The molecule has 2 aliphatic rings. The lowest BCUT2D eigenvalue weighted by Crippen LogP contribution is -2.48. The fraction of sp³-hybridized carbons (Fsp3) is 0.778. The number of piperidine rings is 1. The first-order valence-electron chi connectivity index (χ1n) is 9.25. The molecule has 0 atom stereocenters. The molecule has 2 saturated heterocycles. The number of hydrogen-bond acceptors (Lipinski definition) is 5. The van der Waals surface area contributed by atoms with E-state index in [1.165, 1.54) is 12.8 Å². The second-order valence-corrected chi connectivity index (χ2v) is 7.14. The lowest BCUT2D eigenvalue weighted by atomic mass is 9.93. The SMILES string of the molecule is Cc1nc(CN2CCN(C(=O)CCC3CCNCC3)CC2)oc1C.Cl.Cl. The van der Waals surface area contributed by atoms with Crippen LogP contribution in [0.2, 0.25) is 0 Å². The van der Waals surface area contributed by atoms with Gasteiger partial charge in [0.25, 0.3) is 0 Å². The third-order valence-electron chi connectivity index (χ3n) is 5.38. The Bertz CT molecular complexity index is 534. The third-order valence-corrected chi connectivity index (χ3v) is 5.38. The van der Waals surface area contributed by atoms with Gasteiger partial charge in [0.15, 0.2) is 0 Å². The monoisotopic (exact) mass is 406 g/mol. The van der Waals surface area contributed by atoms with Gasteiger partial charge in [-0.3, -0.25) is 9.69 Å². The first-order valence-corrected chi connectivity index (χ1v) is 9.25. The zero-order valence-electron chi connectivity index (χ0n) is 15.8. The number of aryl methyl sites for hydroxylation is 2. The molecule has 0 radical (unpaired) electrons. The normalized spacial score (nSPS) is 18.9. The first kappa shape index (κ1) is 23.2. The molecule has 0 spiro atoms. The van der Waals surface area contributed by atoms with Gasteiger partial charge in [-0.25, -0.2) is 4.98 Å². The molecule has 150 valence electrons. The van der Waals surface area contributed by atoms with Crippen molar-refractivity contribution in [1.29, 1.82) is 0 Å². The van der Waals surface area contributed by atoms with Gasteiger partial charge in [0, 0.05) is 32.6 Å². The highest BCUT2D eigenvalue weighted by Crippen LogP contribution is 2.19. The Balaban J connectivity index is 0.00000169. The van der Waals surface area contributed by atoms with Gasteiger partial charge in [-0.05, 0) is 52.1 Å². The van der Waals surface area contributed by atoms with E-state index in [4.69, 9.17) is 4.42 Å². The molecular formula is C18H32Cl2N4O2. The highest BCUT2D eigenvalue weighted by Gasteiger charge is 2.23. The maximum Gasteiger partial charge on any atom is 0.222 e. The maximum atomic E-state index is 12.4. The minimum atomic E-state index is 0. The van der Waals surface area contributed by atoms with E-state index in [1.54, 1.807) is 0 Å². The zero-order valence-corrected chi connectivity index (χ0v) is 17.5. The Morgan fingerprint density at radius 2 is 1.81 bits per heavy atom. The predicted molar refractivity (Wildman–Crippen MR) is 107 cm³/mol. The molecule has 26 heavy (non-hydrogen) atoms. The van der Waals surface area contributed by atoms with Crippen molar-refractivity contribution >= 4 is 30.7 Å². The van der Waals surface area contributed by atoms with Crippen LogP contribution in [0.3, 0.4) is 0 Å². The van der Waals surface area contributed by atoms with Crippen LogP contribution in [-0.4, -0.2) is 60.0 Å². The van der Waals surface area contributed by atoms with Gasteiger partial charge in [-0.1, -0.05) is 0 Å². The molecule has 1 aromatic heterocycles. The van der Waals surface area contributed by atoms with Crippen LogP contribution in [0.5, 0.6) is 0 Å². The van der Waals surface area contributed by atoms with Crippen LogP contribution < -0.4 is 5.32 Å². The molecule has 0 unspecified atom stereocenters. The molecule has 2 fully saturated rings. The van der Waals surface area contributed by atoms with Crippen LogP contribution in [0.25, 0.3) is 0 Å². The Labute approximate surface area is 168 Å².